The monoisotopic (exact) mass is 398 g/mol. The van der Waals surface area contributed by atoms with Gasteiger partial charge in [-0.15, -0.1) is 11.3 Å². The summed E-state index contributed by atoms with van der Waals surface area (Å²) in [4.78, 5) is 4.84. The van der Waals surface area contributed by atoms with Gasteiger partial charge in [-0.2, -0.15) is 5.53 Å². The highest BCUT2D eigenvalue weighted by Crippen LogP contribution is 2.32. The zero-order chi connectivity index (χ0) is 19.9. The zero-order valence-electron chi connectivity index (χ0n) is 16.7. The number of nitrogens with zero attached hydrogens (tertiary/aromatic N) is 3. The first kappa shape index (κ1) is 20.7. The molecule has 0 saturated carbocycles. The summed E-state index contributed by atoms with van der Waals surface area (Å²) < 4.78 is 0. The van der Waals surface area contributed by atoms with Gasteiger partial charge >= 0.3 is 0 Å². The lowest BCUT2D eigenvalue weighted by molar-refractivity contribution is 0.0225. The Hall–Kier alpha value is -2.02. The number of aliphatic hydroxyl groups excluding tert-OH is 1. The van der Waals surface area contributed by atoms with Crippen LogP contribution in [-0.4, -0.2) is 40.7 Å². The molecule has 0 radical (unpaired) electrons. The molecule has 2 N–H and O–H groups in total. The third-order valence-corrected chi connectivity index (χ3v) is 6.62. The van der Waals surface area contributed by atoms with Crippen LogP contribution in [0.2, 0.25) is 0 Å². The number of nitrogens with one attached hydrogen (secondary N) is 1. The Kier molecular flexibility index (Phi) is 7.36. The van der Waals surface area contributed by atoms with E-state index < -0.39 is 0 Å². The van der Waals surface area contributed by atoms with Gasteiger partial charge in [0.15, 0.2) is 0 Å². The molecule has 5 rings (SSSR count). The van der Waals surface area contributed by atoms with E-state index in [0.29, 0.717) is 12.0 Å². The van der Waals surface area contributed by atoms with E-state index in [1.54, 1.807) is 11.3 Å². The standard InChI is InChI=1S/C20H24N4OS.C2H6/c21-22-24(19-13-23-10-7-16(19)8-11-23)12-9-18-5-6-20(26-18)17-3-1-15(14-25)2-4-17;1-2/h1-6,9,12,16,19,21,25H,7-8,10-11,13-14H2;1-2H3/b12-9+,22-21?;. The Morgan fingerprint density at radius 3 is 2.46 bits per heavy atom. The van der Waals surface area contributed by atoms with Gasteiger partial charge in [-0.1, -0.05) is 43.3 Å². The van der Waals surface area contributed by atoms with E-state index in [9.17, 15) is 0 Å². The van der Waals surface area contributed by atoms with Gasteiger partial charge in [-0.05, 0) is 61.2 Å². The first-order valence-corrected chi connectivity index (χ1v) is 10.9. The van der Waals surface area contributed by atoms with Crippen LogP contribution < -0.4 is 0 Å². The lowest BCUT2D eigenvalue weighted by Gasteiger charge is -2.46. The number of rotatable bonds is 6. The number of aliphatic hydroxyl groups is 1. The van der Waals surface area contributed by atoms with Crippen LogP contribution in [0.25, 0.3) is 16.5 Å². The quantitative estimate of drug-likeness (QED) is 0.516. The molecule has 3 aliphatic rings. The third-order valence-electron chi connectivity index (χ3n) is 5.52. The molecule has 5 nitrogen and oxygen atoms in total. The normalized spacial score (nSPS) is 23.3. The van der Waals surface area contributed by atoms with Crippen LogP contribution in [0, 0.1) is 11.4 Å². The minimum atomic E-state index is 0.0742. The Balaban J connectivity index is 0.00000109. The molecule has 4 heterocycles. The largest absolute Gasteiger partial charge is 0.392 e. The molecule has 0 aliphatic carbocycles. The third kappa shape index (κ3) is 4.69. The Bertz CT molecular complexity index is 778. The van der Waals surface area contributed by atoms with Gasteiger partial charge in [0.25, 0.3) is 0 Å². The summed E-state index contributed by atoms with van der Waals surface area (Å²) >= 11 is 1.72. The molecule has 6 heteroatoms. The molecule has 3 aliphatic heterocycles. The van der Waals surface area contributed by atoms with Crippen molar-refractivity contribution < 1.29 is 5.11 Å². The summed E-state index contributed by atoms with van der Waals surface area (Å²) in [6.45, 7) is 7.48. The van der Waals surface area contributed by atoms with Crippen molar-refractivity contribution in [2.75, 3.05) is 19.6 Å². The van der Waals surface area contributed by atoms with Crippen molar-refractivity contribution in [3.63, 3.8) is 0 Å². The van der Waals surface area contributed by atoms with E-state index in [2.05, 4.69) is 28.3 Å². The lowest BCUT2D eigenvalue weighted by Crippen LogP contribution is -2.54. The van der Waals surface area contributed by atoms with Crippen LogP contribution in [0.15, 0.2) is 47.8 Å². The molecule has 2 aromatic rings. The predicted octanol–water partition coefficient (Wildman–Crippen LogP) is 5.25. The van der Waals surface area contributed by atoms with Gasteiger partial charge in [0.05, 0.1) is 12.6 Å². The van der Waals surface area contributed by atoms with Crippen LogP contribution in [0.5, 0.6) is 0 Å². The molecule has 1 aromatic carbocycles. The highest BCUT2D eigenvalue weighted by molar-refractivity contribution is 7.16. The molecule has 1 unspecified atom stereocenters. The average molecular weight is 399 g/mol. The summed E-state index contributed by atoms with van der Waals surface area (Å²) in [7, 11) is 0. The fraction of sp³-hybridized carbons (Fsp3) is 0.455. The average Bonchev–Trinajstić information content (AvgIpc) is 3.25. The van der Waals surface area contributed by atoms with Crippen molar-refractivity contribution in [1.29, 1.82) is 5.53 Å². The Labute approximate surface area is 171 Å². The summed E-state index contributed by atoms with van der Waals surface area (Å²) in [5.74, 6) is 0.655. The molecular weight excluding hydrogens is 368 g/mol. The minimum Gasteiger partial charge on any atom is -0.392 e. The molecule has 0 spiro atoms. The maximum Gasteiger partial charge on any atom is 0.0691 e. The number of thiophene rings is 1. The van der Waals surface area contributed by atoms with Crippen molar-refractivity contribution in [2.45, 2.75) is 39.3 Å². The summed E-state index contributed by atoms with van der Waals surface area (Å²) in [5, 5.41) is 14.8. The second kappa shape index (κ2) is 9.96. The molecule has 150 valence electrons. The van der Waals surface area contributed by atoms with Crippen molar-refractivity contribution in [2.24, 2.45) is 11.1 Å². The topological polar surface area (TPSA) is 62.9 Å². The van der Waals surface area contributed by atoms with Crippen molar-refractivity contribution in [3.8, 4) is 10.4 Å². The van der Waals surface area contributed by atoms with E-state index in [0.717, 1.165) is 22.5 Å². The van der Waals surface area contributed by atoms with Crippen LogP contribution >= 0.6 is 11.3 Å². The zero-order valence-corrected chi connectivity index (χ0v) is 17.5. The Morgan fingerprint density at radius 1 is 1.18 bits per heavy atom. The van der Waals surface area contributed by atoms with Crippen molar-refractivity contribution >= 4 is 17.4 Å². The number of fused-ring (bicyclic) bond motifs is 3. The second-order valence-corrected chi connectivity index (χ2v) is 8.17. The van der Waals surface area contributed by atoms with Crippen LogP contribution in [0.1, 0.15) is 37.1 Å². The summed E-state index contributed by atoms with van der Waals surface area (Å²) in [6, 6.07) is 12.6. The van der Waals surface area contributed by atoms with E-state index in [1.807, 2.05) is 49.3 Å². The van der Waals surface area contributed by atoms with Crippen LogP contribution in [0.4, 0.5) is 0 Å². The van der Waals surface area contributed by atoms with Gasteiger partial charge in [-0.25, -0.2) is 0 Å². The van der Waals surface area contributed by atoms with E-state index in [1.165, 1.54) is 30.8 Å². The molecule has 28 heavy (non-hydrogen) atoms. The summed E-state index contributed by atoms with van der Waals surface area (Å²) in [5.41, 5.74) is 9.67. The van der Waals surface area contributed by atoms with Crippen molar-refractivity contribution in [1.82, 2.24) is 9.91 Å². The second-order valence-electron chi connectivity index (χ2n) is 7.06. The highest BCUT2D eigenvalue weighted by Gasteiger charge is 2.36. The predicted molar refractivity (Wildman–Crippen MR) is 116 cm³/mol. The molecular formula is C22H30N4OS. The maximum absolute atomic E-state index is 9.16. The fourth-order valence-corrected chi connectivity index (χ4v) is 4.88. The maximum atomic E-state index is 9.16. The number of hydrogen-bond acceptors (Lipinski definition) is 5. The molecule has 0 amide bonds. The molecule has 3 saturated heterocycles. The SMILES string of the molecule is CC.N=NN(/C=C/c1ccc(-c2ccc(CO)cc2)s1)C1CN2CCC1CC2. The van der Waals surface area contributed by atoms with E-state index >= 15 is 0 Å². The van der Waals surface area contributed by atoms with Crippen molar-refractivity contribution in [3.05, 3.63) is 53.0 Å². The smallest absolute Gasteiger partial charge is 0.0691 e. The van der Waals surface area contributed by atoms with E-state index in [-0.39, 0.29) is 6.61 Å². The lowest BCUT2D eigenvalue weighted by atomic mass is 9.84. The van der Waals surface area contributed by atoms with Gasteiger partial charge < -0.3 is 10.0 Å². The Morgan fingerprint density at radius 2 is 1.89 bits per heavy atom. The fourth-order valence-electron chi connectivity index (χ4n) is 3.97. The van der Waals surface area contributed by atoms with Gasteiger partial charge in [-0.3, -0.25) is 5.01 Å². The summed E-state index contributed by atoms with van der Waals surface area (Å²) in [6.07, 6.45) is 6.46. The molecule has 1 atom stereocenters. The van der Waals surface area contributed by atoms with Crippen LogP contribution in [-0.2, 0) is 6.61 Å². The first-order valence-electron chi connectivity index (χ1n) is 10.1. The molecule has 3 fully saturated rings. The number of benzene rings is 1. The number of hydrogen-bond donors (Lipinski definition) is 2. The van der Waals surface area contributed by atoms with Gasteiger partial charge in [0.1, 0.15) is 0 Å². The first-order chi connectivity index (χ1) is 13.8. The van der Waals surface area contributed by atoms with Gasteiger partial charge in [0.2, 0.25) is 0 Å². The minimum absolute atomic E-state index is 0.0742. The van der Waals surface area contributed by atoms with Crippen LogP contribution in [0.3, 0.4) is 0 Å². The molecule has 2 bridgehead atoms. The molecule has 1 aromatic heterocycles. The number of piperidine rings is 3. The van der Waals surface area contributed by atoms with Gasteiger partial charge in [0, 0.05) is 22.5 Å². The van der Waals surface area contributed by atoms with E-state index in [4.69, 9.17) is 10.6 Å². The highest BCUT2D eigenvalue weighted by atomic mass is 32.1.